The Bertz CT molecular complexity index is 434. The fourth-order valence-corrected chi connectivity index (χ4v) is 2.67. The maximum atomic E-state index is 14.7. The molecule has 0 aromatic heterocycles. The third-order valence-corrected chi connectivity index (χ3v) is 4.46. The number of rotatable bonds is 6. The molecule has 1 saturated heterocycles. The minimum absolute atomic E-state index is 0.236. The normalized spacial score (nSPS) is 23.0. The van der Waals surface area contributed by atoms with Crippen molar-refractivity contribution in [3.05, 3.63) is 28.7 Å². The smallest absolute Gasteiger partial charge is 0.138 e. The molecule has 0 aliphatic carbocycles. The minimum atomic E-state index is -1.32. The number of halogens is 2. The van der Waals surface area contributed by atoms with E-state index in [9.17, 15) is 4.39 Å². The molecular weight excluding hydrogens is 339 g/mol. The molecule has 1 aliphatic heterocycles. The standard InChI is InChI=1S/C16H22BrFO3/c1-3-16(18,4-2)15-11-19-9-14(21-15)10-20-13-7-5-12(17)6-8-13/h5-8,14-15H,3-4,9-11H2,1-2H3. The Morgan fingerprint density at radius 3 is 2.52 bits per heavy atom. The fraction of sp³-hybridized carbons (Fsp3) is 0.625. The van der Waals surface area contributed by atoms with Crippen molar-refractivity contribution in [1.82, 2.24) is 0 Å². The van der Waals surface area contributed by atoms with Crippen molar-refractivity contribution in [3.8, 4) is 5.75 Å². The maximum absolute atomic E-state index is 14.7. The Hall–Kier alpha value is -0.650. The number of benzene rings is 1. The SMILES string of the molecule is CCC(F)(CC)C1COCC(COc2ccc(Br)cc2)O1. The quantitative estimate of drug-likeness (QED) is 0.762. The van der Waals surface area contributed by atoms with Gasteiger partial charge in [0.1, 0.15) is 30.2 Å². The van der Waals surface area contributed by atoms with Gasteiger partial charge >= 0.3 is 0 Å². The topological polar surface area (TPSA) is 27.7 Å². The Morgan fingerprint density at radius 2 is 1.90 bits per heavy atom. The molecule has 1 aliphatic rings. The summed E-state index contributed by atoms with van der Waals surface area (Å²) >= 11 is 3.38. The van der Waals surface area contributed by atoms with Crippen LogP contribution in [0.1, 0.15) is 26.7 Å². The van der Waals surface area contributed by atoms with Crippen LogP contribution in [0.2, 0.25) is 0 Å². The van der Waals surface area contributed by atoms with Gasteiger partial charge in [-0.3, -0.25) is 0 Å². The lowest BCUT2D eigenvalue weighted by Crippen LogP contribution is -2.50. The third kappa shape index (κ3) is 4.41. The molecule has 0 radical (unpaired) electrons. The lowest BCUT2D eigenvalue weighted by atomic mass is 9.92. The minimum Gasteiger partial charge on any atom is -0.491 e. The van der Waals surface area contributed by atoms with Gasteiger partial charge in [-0.25, -0.2) is 4.39 Å². The van der Waals surface area contributed by atoms with Crippen molar-refractivity contribution < 1.29 is 18.6 Å². The number of hydrogen-bond donors (Lipinski definition) is 0. The Balaban J connectivity index is 1.88. The number of alkyl halides is 1. The second-order valence-electron chi connectivity index (χ2n) is 5.29. The molecular formula is C16H22BrFO3. The van der Waals surface area contributed by atoms with Crippen LogP contribution in [0.3, 0.4) is 0 Å². The summed E-state index contributed by atoms with van der Waals surface area (Å²) in [4.78, 5) is 0. The van der Waals surface area contributed by atoms with Crippen LogP contribution in [0.25, 0.3) is 0 Å². The van der Waals surface area contributed by atoms with Crippen LogP contribution in [-0.2, 0) is 9.47 Å². The summed E-state index contributed by atoms with van der Waals surface area (Å²) in [6.07, 6.45) is 0.107. The monoisotopic (exact) mass is 360 g/mol. The van der Waals surface area contributed by atoms with Gasteiger partial charge in [-0.1, -0.05) is 29.8 Å². The zero-order valence-corrected chi connectivity index (χ0v) is 14.1. The van der Waals surface area contributed by atoms with E-state index in [2.05, 4.69) is 15.9 Å². The molecule has 0 spiro atoms. The van der Waals surface area contributed by atoms with Gasteiger partial charge in [0.2, 0.25) is 0 Å². The van der Waals surface area contributed by atoms with Gasteiger partial charge in [-0.05, 0) is 37.1 Å². The lowest BCUT2D eigenvalue weighted by molar-refractivity contribution is -0.193. The van der Waals surface area contributed by atoms with Crippen molar-refractivity contribution in [2.45, 2.75) is 44.6 Å². The van der Waals surface area contributed by atoms with E-state index in [1.54, 1.807) is 0 Å². The first-order valence-corrected chi connectivity index (χ1v) is 8.17. The van der Waals surface area contributed by atoms with Gasteiger partial charge < -0.3 is 14.2 Å². The molecule has 21 heavy (non-hydrogen) atoms. The molecule has 1 aromatic rings. The van der Waals surface area contributed by atoms with E-state index in [4.69, 9.17) is 14.2 Å². The molecule has 0 bridgehead atoms. The average Bonchev–Trinajstić information content (AvgIpc) is 2.54. The van der Waals surface area contributed by atoms with Crippen LogP contribution in [0.4, 0.5) is 4.39 Å². The van der Waals surface area contributed by atoms with E-state index in [1.807, 2.05) is 38.1 Å². The van der Waals surface area contributed by atoms with E-state index in [0.29, 0.717) is 32.7 Å². The summed E-state index contributed by atoms with van der Waals surface area (Å²) in [6, 6.07) is 7.58. The van der Waals surface area contributed by atoms with Crippen molar-refractivity contribution in [3.63, 3.8) is 0 Å². The second kappa shape index (κ2) is 7.56. The Morgan fingerprint density at radius 1 is 1.24 bits per heavy atom. The molecule has 1 aromatic carbocycles. The van der Waals surface area contributed by atoms with Crippen molar-refractivity contribution >= 4 is 15.9 Å². The first kappa shape index (κ1) is 16.7. The summed E-state index contributed by atoms with van der Waals surface area (Å²) < 4.78 is 32.7. The molecule has 1 fully saturated rings. The lowest BCUT2D eigenvalue weighted by Gasteiger charge is -2.38. The van der Waals surface area contributed by atoms with E-state index in [0.717, 1.165) is 10.2 Å². The van der Waals surface area contributed by atoms with Crippen LogP contribution >= 0.6 is 15.9 Å². The highest BCUT2D eigenvalue weighted by Gasteiger charge is 2.40. The summed E-state index contributed by atoms with van der Waals surface area (Å²) in [5.41, 5.74) is -1.32. The molecule has 2 unspecified atom stereocenters. The molecule has 2 atom stereocenters. The highest BCUT2D eigenvalue weighted by Crippen LogP contribution is 2.30. The van der Waals surface area contributed by atoms with E-state index in [-0.39, 0.29) is 6.10 Å². The van der Waals surface area contributed by atoms with Crippen LogP contribution in [0.15, 0.2) is 28.7 Å². The van der Waals surface area contributed by atoms with Gasteiger partial charge in [-0.2, -0.15) is 0 Å². The predicted octanol–water partition coefficient (Wildman–Crippen LogP) is 4.14. The van der Waals surface area contributed by atoms with Crippen molar-refractivity contribution in [2.24, 2.45) is 0 Å². The molecule has 1 heterocycles. The van der Waals surface area contributed by atoms with Crippen LogP contribution < -0.4 is 4.74 Å². The average molecular weight is 361 g/mol. The highest BCUT2D eigenvalue weighted by atomic mass is 79.9. The zero-order valence-electron chi connectivity index (χ0n) is 12.5. The second-order valence-corrected chi connectivity index (χ2v) is 6.21. The molecule has 0 N–H and O–H groups in total. The predicted molar refractivity (Wildman–Crippen MR) is 83.5 cm³/mol. The third-order valence-electron chi connectivity index (χ3n) is 3.93. The van der Waals surface area contributed by atoms with Gasteiger partial charge in [0.05, 0.1) is 13.2 Å². The van der Waals surface area contributed by atoms with E-state index < -0.39 is 11.8 Å². The summed E-state index contributed by atoms with van der Waals surface area (Å²) in [6.45, 7) is 4.80. The first-order valence-electron chi connectivity index (χ1n) is 7.38. The van der Waals surface area contributed by atoms with Crippen LogP contribution in [0.5, 0.6) is 5.75 Å². The highest BCUT2D eigenvalue weighted by molar-refractivity contribution is 9.10. The summed E-state index contributed by atoms with van der Waals surface area (Å²) in [5, 5.41) is 0. The van der Waals surface area contributed by atoms with Crippen LogP contribution in [0, 0.1) is 0 Å². The van der Waals surface area contributed by atoms with Crippen molar-refractivity contribution in [2.75, 3.05) is 19.8 Å². The number of ether oxygens (including phenoxy) is 3. The largest absolute Gasteiger partial charge is 0.491 e. The summed E-state index contributed by atoms with van der Waals surface area (Å²) in [7, 11) is 0. The fourth-order valence-electron chi connectivity index (χ4n) is 2.40. The molecule has 2 rings (SSSR count). The van der Waals surface area contributed by atoms with Gasteiger partial charge in [0, 0.05) is 4.47 Å². The van der Waals surface area contributed by atoms with E-state index >= 15 is 0 Å². The first-order chi connectivity index (χ1) is 10.1. The molecule has 3 nitrogen and oxygen atoms in total. The molecule has 0 saturated carbocycles. The zero-order chi connectivity index (χ0) is 15.3. The van der Waals surface area contributed by atoms with Gasteiger partial charge in [-0.15, -0.1) is 0 Å². The Kier molecular flexibility index (Phi) is 6.02. The number of hydrogen-bond acceptors (Lipinski definition) is 3. The molecule has 5 heteroatoms. The maximum Gasteiger partial charge on any atom is 0.138 e. The summed E-state index contributed by atoms with van der Waals surface area (Å²) in [5.74, 6) is 0.765. The van der Waals surface area contributed by atoms with Gasteiger partial charge in [0.25, 0.3) is 0 Å². The van der Waals surface area contributed by atoms with Crippen LogP contribution in [-0.4, -0.2) is 37.7 Å². The van der Waals surface area contributed by atoms with E-state index in [1.165, 1.54) is 0 Å². The van der Waals surface area contributed by atoms with Crippen molar-refractivity contribution in [1.29, 1.82) is 0 Å². The molecule has 118 valence electrons. The Labute approximate surface area is 133 Å². The molecule has 0 amide bonds. The van der Waals surface area contributed by atoms with Gasteiger partial charge in [0.15, 0.2) is 0 Å².